The van der Waals surface area contributed by atoms with Gasteiger partial charge in [-0.1, -0.05) is 51.4 Å². The lowest BCUT2D eigenvalue weighted by atomic mass is 9.83. The summed E-state index contributed by atoms with van der Waals surface area (Å²) in [4.78, 5) is 0. The molecule has 0 heterocycles. The van der Waals surface area contributed by atoms with Crippen molar-refractivity contribution >= 4 is 11.6 Å². The van der Waals surface area contributed by atoms with Crippen molar-refractivity contribution in [2.45, 2.75) is 40.2 Å². The molecule has 1 N–H and O–H groups in total. The van der Waals surface area contributed by atoms with Crippen LogP contribution in [-0.2, 0) is 6.42 Å². The van der Waals surface area contributed by atoms with Gasteiger partial charge >= 0.3 is 0 Å². The van der Waals surface area contributed by atoms with E-state index in [1.165, 1.54) is 6.07 Å². The van der Waals surface area contributed by atoms with Gasteiger partial charge in [0.2, 0.25) is 0 Å². The number of halogens is 2. The molecule has 3 heteroatoms. The third-order valence-electron chi connectivity index (χ3n) is 2.95. The van der Waals surface area contributed by atoms with E-state index < -0.39 is 0 Å². The van der Waals surface area contributed by atoms with Crippen molar-refractivity contribution in [3.63, 3.8) is 0 Å². The highest BCUT2D eigenvalue weighted by atomic mass is 35.5. The van der Waals surface area contributed by atoms with Crippen molar-refractivity contribution in [1.82, 2.24) is 5.32 Å². The summed E-state index contributed by atoms with van der Waals surface area (Å²) in [7, 11) is 0. The van der Waals surface area contributed by atoms with E-state index >= 15 is 0 Å². The molecule has 0 amide bonds. The third-order valence-corrected chi connectivity index (χ3v) is 3.37. The Kier molecular flexibility index (Phi) is 4.96. The van der Waals surface area contributed by atoms with Crippen molar-refractivity contribution in [2.75, 3.05) is 6.54 Å². The fourth-order valence-corrected chi connectivity index (χ4v) is 2.06. The van der Waals surface area contributed by atoms with E-state index in [9.17, 15) is 4.39 Å². The van der Waals surface area contributed by atoms with Crippen LogP contribution >= 0.6 is 11.6 Å². The predicted molar refractivity (Wildman–Crippen MR) is 72.0 cm³/mol. The maximum Gasteiger partial charge on any atom is 0.142 e. The molecule has 0 spiro atoms. The normalized spacial score (nSPS) is 13.8. The van der Waals surface area contributed by atoms with Crippen molar-refractivity contribution in [3.05, 3.63) is 34.6 Å². The summed E-state index contributed by atoms with van der Waals surface area (Å²) in [5.74, 6) is -0.340. The first kappa shape index (κ1) is 14.5. The molecule has 0 aliphatic heterocycles. The van der Waals surface area contributed by atoms with E-state index in [0.29, 0.717) is 0 Å². The van der Waals surface area contributed by atoms with Crippen LogP contribution in [0.2, 0.25) is 5.02 Å². The molecular weight excluding hydrogens is 237 g/mol. The summed E-state index contributed by atoms with van der Waals surface area (Å²) in [6.07, 6.45) is 0.744. The number of benzene rings is 1. The second-order valence-electron chi connectivity index (χ2n) is 5.39. The largest absolute Gasteiger partial charge is 0.313 e. The minimum atomic E-state index is -0.340. The molecule has 96 valence electrons. The zero-order valence-electron chi connectivity index (χ0n) is 11.0. The van der Waals surface area contributed by atoms with E-state index in [2.05, 4.69) is 33.0 Å². The SMILES string of the molecule is CCNC(Cc1cccc(F)c1Cl)C(C)(C)C. The van der Waals surface area contributed by atoms with Gasteiger partial charge in [-0.25, -0.2) is 4.39 Å². The van der Waals surface area contributed by atoms with Crippen molar-refractivity contribution in [2.24, 2.45) is 5.41 Å². The average Bonchev–Trinajstić information content (AvgIpc) is 2.22. The summed E-state index contributed by atoms with van der Waals surface area (Å²) >= 11 is 5.98. The summed E-state index contributed by atoms with van der Waals surface area (Å²) < 4.78 is 13.4. The molecule has 1 nitrogen and oxygen atoms in total. The predicted octanol–water partition coefficient (Wildman–Crippen LogP) is 4.05. The number of rotatable bonds is 4. The van der Waals surface area contributed by atoms with Gasteiger partial charge in [0.05, 0.1) is 5.02 Å². The van der Waals surface area contributed by atoms with Crippen LogP contribution in [0.3, 0.4) is 0 Å². The highest BCUT2D eigenvalue weighted by Crippen LogP contribution is 2.27. The molecule has 1 atom stereocenters. The molecule has 0 aromatic heterocycles. The number of nitrogens with one attached hydrogen (secondary N) is 1. The Morgan fingerprint density at radius 1 is 1.35 bits per heavy atom. The van der Waals surface area contributed by atoms with Gasteiger partial charge in [-0.05, 0) is 30.0 Å². The molecular formula is C14H21ClFN. The second kappa shape index (κ2) is 5.83. The van der Waals surface area contributed by atoms with Crippen LogP contribution in [0.4, 0.5) is 4.39 Å². The molecule has 0 bridgehead atoms. The zero-order valence-corrected chi connectivity index (χ0v) is 11.7. The van der Waals surface area contributed by atoms with Crippen LogP contribution < -0.4 is 5.32 Å². The van der Waals surface area contributed by atoms with E-state index in [1.54, 1.807) is 6.07 Å². The van der Waals surface area contributed by atoms with Gasteiger partial charge in [-0.3, -0.25) is 0 Å². The monoisotopic (exact) mass is 257 g/mol. The van der Waals surface area contributed by atoms with Crippen LogP contribution in [0.5, 0.6) is 0 Å². The van der Waals surface area contributed by atoms with Gasteiger partial charge in [0.25, 0.3) is 0 Å². The molecule has 1 unspecified atom stereocenters. The van der Waals surface area contributed by atoms with Crippen LogP contribution in [0.15, 0.2) is 18.2 Å². The first-order valence-electron chi connectivity index (χ1n) is 6.02. The molecule has 17 heavy (non-hydrogen) atoms. The lowest BCUT2D eigenvalue weighted by molar-refractivity contribution is 0.270. The van der Waals surface area contributed by atoms with Gasteiger partial charge in [-0.2, -0.15) is 0 Å². The van der Waals surface area contributed by atoms with E-state index in [0.717, 1.165) is 18.5 Å². The Bertz CT molecular complexity index is 371. The zero-order chi connectivity index (χ0) is 13.1. The molecule has 0 saturated heterocycles. The van der Waals surface area contributed by atoms with E-state index in [-0.39, 0.29) is 22.3 Å². The van der Waals surface area contributed by atoms with Gasteiger partial charge in [0, 0.05) is 6.04 Å². The minimum Gasteiger partial charge on any atom is -0.313 e. The highest BCUT2D eigenvalue weighted by molar-refractivity contribution is 6.31. The highest BCUT2D eigenvalue weighted by Gasteiger charge is 2.24. The first-order chi connectivity index (χ1) is 7.86. The first-order valence-corrected chi connectivity index (χ1v) is 6.40. The maximum absolute atomic E-state index is 13.4. The molecule has 1 rings (SSSR count). The average molecular weight is 258 g/mol. The molecule has 1 aromatic carbocycles. The molecule has 0 radical (unpaired) electrons. The Labute approximate surface area is 108 Å². The van der Waals surface area contributed by atoms with Gasteiger partial charge in [0.1, 0.15) is 5.82 Å². The smallest absolute Gasteiger partial charge is 0.142 e. The van der Waals surface area contributed by atoms with Crippen molar-refractivity contribution in [3.8, 4) is 0 Å². The van der Waals surface area contributed by atoms with Crippen LogP contribution in [0.1, 0.15) is 33.3 Å². The number of likely N-dealkylation sites (N-methyl/N-ethyl adjacent to an activating group) is 1. The van der Waals surface area contributed by atoms with Crippen molar-refractivity contribution < 1.29 is 4.39 Å². The standard InChI is InChI=1S/C14H21ClFN/c1-5-17-12(14(2,3)4)9-10-7-6-8-11(16)13(10)15/h6-8,12,17H,5,9H2,1-4H3. The Hall–Kier alpha value is -0.600. The molecule has 0 aliphatic carbocycles. The lowest BCUT2D eigenvalue weighted by Crippen LogP contribution is -2.41. The van der Waals surface area contributed by atoms with Gasteiger partial charge in [0.15, 0.2) is 0 Å². The van der Waals surface area contributed by atoms with Crippen LogP contribution in [0.25, 0.3) is 0 Å². The lowest BCUT2D eigenvalue weighted by Gasteiger charge is -2.31. The van der Waals surface area contributed by atoms with Gasteiger partial charge < -0.3 is 5.32 Å². The van der Waals surface area contributed by atoms with Crippen LogP contribution in [0, 0.1) is 11.2 Å². The Balaban J connectivity index is 2.90. The van der Waals surface area contributed by atoms with Crippen molar-refractivity contribution in [1.29, 1.82) is 0 Å². The summed E-state index contributed by atoms with van der Waals surface area (Å²) in [5, 5.41) is 3.69. The maximum atomic E-state index is 13.4. The summed E-state index contributed by atoms with van der Waals surface area (Å²) in [5.41, 5.74) is 0.985. The Morgan fingerprint density at radius 2 is 2.00 bits per heavy atom. The van der Waals surface area contributed by atoms with E-state index in [1.807, 2.05) is 6.07 Å². The molecule has 0 saturated carbocycles. The quantitative estimate of drug-likeness (QED) is 0.858. The molecule has 0 fully saturated rings. The topological polar surface area (TPSA) is 12.0 Å². The minimum absolute atomic E-state index is 0.117. The van der Waals surface area contributed by atoms with E-state index in [4.69, 9.17) is 11.6 Å². The second-order valence-corrected chi connectivity index (χ2v) is 5.77. The third kappa shape index (κ3) is 3.97. The molecule has 1 aromatic rings. The fourth-order valence-electron chi connectivity index (χ4n) is 1.86. The molecule has 0 aliphatic rings. The number of hydrogen-bond donors (Lipinski definition) is 1. The summed E-state index contributed by atoms with van der Waals surface area (Å²) in [6.45, 7) is 9.50. The number of hydrogen-bond acceptors (Lipinski definition) is 1. The summed E-state index contributed by atoms with van der Waals surface area (Å²) in [6, 6.07) is 5.28. The van der Waals surface area contributed by atoms with Gasteiger partial charge in [-0.15, -0.1) is 0 Å². The Morgan fingerprint density at radius 3 is 2.53 bits per heavy atom. The fraction of sp³-hybridized carbons (Fsp3) is 0.571. The van der Waals surface area contributed by atoms with Crippen LogP contribution in [-0.4, -0.2) is 12.6 Å².